The molecule has 0 aliphatic rings. The summed E-state index contributed by atoms with van der Waals surface area (Å²) < 4.78 is 13.3. The summed E-state index contributed by atoms with van der Waals surface area (Å²) in [5.41, 5.74) is 2.74. The summed E-state index contributed by atoms with van der Waals surface area (Å²) in [4.78, 5) is 12.6. The Balaban J connectivity index is 2.06. The summed E-state index contributed by atoms with van der Waals surface area (Å²) in [5.74, 6) is -0.200. The molecule has 0 spiro atoms. The Bertz CT molecular complexity index is 931. The first-order valence-electron chi connectivity index (χ1n) is 8.73. The number of carbonyl (C=O) groups is 1. The first kappa shape index (κ1) is 17.9. The standard InChI is InChI=1S/C23H22FNO/c1-3-6-18(16-11-13-20(24)14-12-16)15-19-10-9-17-7-4-5-8-21(17)22(19)23(26)25-2/h3-5,7-14,18H,1,6,15H2,2H3,(H,25,26)/t18-/m0/s1. The molecule has 0 aromatic heterocycles. The second kappa shape index (κ2) is 7.96. The van der Waals surface area contributed by atoms with E-state index in [1.54, 1.807) is 7.05 Å². The van der Waals surface area contributed by atoms with Crippen LogP contribution in [-0.2, 0) is 6.42 Å². The number of rotatable bonds is 6. The van der Waals surface area contributed by atoms with Gasteiger partial charge in [0.15, 0.2) is 0 Å². The van der Waals surface area contributed by atoms with E-state index in [1.807, 2.05) is 54.6 Å². The van der Waals surface area contributed by atoms with Crippen LogP contribution >= 0.6 is 0 Å². The van der Waals surface area contributed by atoms with E-state index in [1.165, 1.54) is 12.1 Å². The van der Waals surface area contributed by atoms with Gasteiger partial charge in [-0.05, 0) is 52.8 Å². The van der Waals surface area contributed by atoms with Gasteiger partial charge in [0.05, 0.1) is 5.56 Å². The number of hydrogen-bond donors (Lipinski definition) is 1. The van der Waals surface area contributed by atoms with Gasteiger partial charge in [-0.2, -0.15) is 0 Å². The van der Waals surface area contributed by atoms with Crippen molar-refractivity contribution >= 4 is 16.7 Å². The van der Waals surface area contributed by atoms with Gasteiger partial charge >= 0.3 is 0 Å². The predicted molar refractivity (Wildman–Crippen MR) is 105 cm³/mol. The third kappa shape index (κ3) is 3.67. The van der Waals surface area contributed by atoms with Crippen LogP contribution in [0.5, 0.6) is 0 Å². The summed E-state index contributed by atoms with van der Waals surface area (Å²) >= 11 is 0. The summed E-state index contributed by atoms with van der Waals surface area (Å²) in [6.45, 7) is 3.86. The Morgan fingerprint density at radius 3 is 2.54 bits per heavy atom. The molecule has 1 amide bonds. The molecule has 1 atom stereocenters. The summed E-state index contributed by atoms with van der Waals surface area (Å²) in [6, 6.07) is 18.5. The van der Waals surface area contributed by atoms with E-state index in [0.29, 0.717) is 12.0 Å². The molecule has 26 heavy (non-hydrogen) atoms. The fourth-order valence-electron chi connectivity index (χ4n) is 3.42. The highest BCUT2D eigenvalue weighted by molar-refractivity contribution is 6.08. The van der Waals surface area contributed by atoms with Crippen molar-refractivity contribution in [3.63, 3.8) is 0 Å². The molecule has 2 nitrogen and oxygen atoms in total. The Labute approximate surface area is 153 Å². The molecular formula is C23H22FNO. The number of allylic oxidation sites excluding steroid dienone is 1. The second-order valence-corrected chi connectivity index (χ2v) is 6.38. The van der Waals surface area contributed by atoms with E-state index >= 15 is 0 Å². The maximum atomic E-state index is 13.3. The van der Waals surface area contributed by atoms with E-state index in [9.17, 15) is 9.18 Å². The van der Waals surface area contributed by atoms with Crippen molar-refractivity contribution in [2.45, 2.75) is 18.8 Å². The quantitative estimate of drug-likeness (QED) is 0.607. The lowest BCUT2D eigenvalue weighted by Crippen LogP contribution is -2.20. The molecule has 0 saturated heterocycles. The Morgan fingerprint density at radius 2 is 1.85 bits per heavy atom. The molecule has 0 aliphatic heterocycles. The largest absolute Gasteiger partial charge is 0.355 e. The minimum atomic E-state index is -0.247. The zero-order chi connectivity index (χ0) is 18.5. The highest BCUT2D eigenvalue weighted by Crippen LogP contribution is 2.30. The van der Waals surface area contributed by atoms with Crippen molar-refractivity contribution in [2.24, 2.45) is 0 Å². The summed E-state index contributed by atoms with van der Waals surface area (Å²) in [7, 11) is 1.65. The smallest absolute Gasteiger partial charge is 0.251 e. The van der Waals surface area contributed by atoms with Gasteiger partial charge in [-0.3, -0.25) is 4.79 Å². The fourth-order valence-corrected chi connectivity index (χ4v) is 3.42. The minimum absolute atomic E-state index is 0.0896. The van der Waals surface area contributed by atoms with Crippen LogP contribution in [-0.4, -0.2) is 13.0 Å². The van der Waals surface area contributed by atoms with Crippen LogP contribution in [0.15, 0.2) is 73.3 Å². The lowest BCUT2D eigenvalue weighted by atomic mass is 9.86. The van der Waals surface area contributed by atoms with Gasteiger partial charge in [0.2, 0.25) is 0 Å². The van der Waals surface area contributed by atoms with Gasteiger partial charge in [0.1, 0.15) is 5.82 Å². The molecule has 0 heterocycles. The normalized spacial score (nSPS) is 11.9. The molecule has 132 valence electrons. The van der Waals surface area contributed by atoms with Crippen LogP contribution in [0.4, 0.5) is 4.39 Å². The summed E-state index contributed by atoms with van der Waals surface area (Å²) in [6.07, 6.45) is 3.31. The molecule has 0 fully saturated rings. The monoisotopic (exact) mass is 347 g/mol. The van der Waals surface area contributed by atoms with Crippen molar-refractivity contribution in [1.29, 1.82) is 0 Å². The number of carbonyl (C=O) groups excluding carboxylic acids is 1. The number of halogens is 1. The third-order valence-electron chi connectivity index (χ3n) is 4.73. The van der Waals surface area contributed by atoms with Crippen LogP contribution in [0, 0.1) is 5.82 Å². The Kier molecular flexibility index (Phi) is 5.47. The van der Waals surface area contributed by atoms with E-state index in [-0.39, 0.29) is 17.6 Å². The number of hydrogen-bond acceptors (Lipinski definition) is 1. The van der Waals surface area contributed by atoms with Crippen molar-refractivity contribution < 1.29 is 9.18 Å². The van der Waals surface area contributed by atoms with Crippen LogP contribution in [0.1, 0.15) is 33.8 Å². The molecule has 3 aromatic carbocycles. The van der Waals surface area contributed by atoms with E-state index in [0.717, 1.165) is 28.3 Å². The maximum Gasteiger partial charge on any atom is 0.251 e. The average Bonchev–Trinajstić information content (AvgIpc) is 2.67. The second-order valence-electron chi connectivity index (χ2n) is 6.38. The SMILES string of the molecule is C=CC[C@@H](Cc1ccc2ccccc2c1C(=O)NC)c1ccc(F)cc1. The van der Waals surface area contributed by atoms with Gasteiger partial charge in [-0.25, -0.2) is 4.39 Å². The lowest BCUT2D eigenvalue weighted by molar-refractivity contribution is 0.0963. The van der Waals surface area contributed by atoms with Crippen molar-refractivity contribution in [3.8, 4) is 0 Å². The molecule has 0 bridgehead atoms. The van der Waals surface area contributed by atoms with Crippen molar-refractivity contribution in [1.82, 2.24) is 5.32 Å². The van der Waals surface area contributed by atoms with Gasteiger partial charge in [-0.15, -0.1) is 6.58 Å². The molecule has 1 N–H and O–H groups in total. The molecule has 0 unspecified atom stereocenters. The van der Waals surface area contributed by atoms with Crippen molar-refractivity contribution in [3.05, 3.63) is 95.8 Å². The Morgan fingerprint density at radius 1 is 1.12 bits per heavy atom. The lowest BCUT2D eigenvalue weighted by Gasteiger charge is -2.19. The molecular weight excluding hydrogens is 325 g/mol. The van der Waals surface area contributed by atoms with E-state index in [2.05, 4.69) is 11.9 Å². The fraction of sp³-hybridized carbons (Fsp3) is 0.174. The van der Waals surface area contributed by atoms with Gasteiger partial charge < -0.3 is 5.32 Å². The predicted octanol–water partition coefficient (Wildman–Crippen LogP) is 5.24. The number of fused-ring (bicyclic) bond motifs is 1. The van der Waals surface area contributed by atoms with E-state index in [4.69, 9.17) is 0 Å². The molecule has 0 aliphatic carbocycles. The van der Waals surface area contributed by atoms with Gasteiger partial charge in [0, 0.05) is 7.05 Å². The highest BCUT2D eigenvalue weighted by atomic mass is 19.1. The molecule has 3 heteroatoms. The summed E-state index contributed by atoms with van der Waals surface area (Å²) in [5, 5.41) is 4.74. The average molecular weight is 347 g/mol. The first-order valence-corrected chi connectivity index (χ1v) is 8.73. The molecule has 0 radical (unpaired) electrons. The minimum Gasteiger partial charge on any atom is -0.355 e. The number of amides is 1. The van der Waals surface area contributed by atoms with Gasteiger partial charge in [0.25, 0.3) is 5.91 Å². The third-order valence-corrected chi connectivity index (χ3v) is 4.73. The first-order chi connectivity index (χ1) is 12.6. The molecule has 3 rings (SSSR count). The topological polar surface area (TPSA) is 29.1 Å². The van der Waals surface area contributed by atoms with Crippen molar-refractivity contribution in [2.75, 3.05) is 7.05 Å². The number of benzene rings is 3. The van der Waals surface area contributed by atoms with Crippen LogP contribution in [0.3, 0.4) is 0 Å². The maximum absolute atomic E-state index is 13.3. The molecule has 0 saturated carbocycles. The zero-order valence-electron chi connectivity index (χ0n) is 14.8. The van der Waals surface area contributed by atoms with Crippen LogP contribution in [0.2, 0.25) is 0 Å². The highest BCUT2D eigenvalue weighted by Gasteiger charge is 2.18. The number of nitrogens with one attached hydrogen (secondary N) is 1. The van der Waals surface area contributed by atoms with E-state index < -0.39 is 0 Å². The van der Waals surface area contributed by atoms with Crippen LogP contribution < -0.4 is 5.32 Å². The zero-order valence-corrected chi connectivity index (χ0v) is 14.8. The van der Waals surface area contributed by atoms with Crippen LogP contribution in [0.25, 0.3) is 10.8 Å². The van der Waals surface area contributed by atoms with Gasteiger partial charge in [-0.1, -0.05) is 54.6 Å². The molecule has 3 aromatic rings. The Hall–Kier alpha value is -2.94.